The molecule has 1 N–H and O–H groups in total. The van der Waals surface area contributed by atoms with Crippen LogP contribution >= 0.6 is 0 Å². The number of aromatic nitrogens is 2. The van der Waals surface area contributed by atoms with Crippen LogP contribution < -0.4 is 0 Å². The van der Waals surface area contributed by atoms with Gasteiger partial charge in [-0.1, -0.05) is 12.1 Å². The van der Waals surface area contributed by atoms with E-state index in [1.165, 1.54) is 5.56 Å². The average Bonchev–Trinajstić information content (AvgIpc) is 3.11. The normalized spacial score (nSPS) is 19.0. The SMILES string of the molecule is O=C(O)CC1CCN(Cc2ccc(-n3cccn3)cc2)C1. The van der Waals surface area contributed by atoms with Gasteiger partial charge in [-0.15, -0.1) is 0 Å². The number of carbonyl (C=O) groups is 1. The van der Waals surface area contributed by atoms with Gasteiger partial charge in [0.25, 0.3) is 0 Å². The Morgan fingerprint density at radius 3 is 2.81 bits per heavy atom. The van der Waals surface area contributed by atoms with Crippen LogP contribution in [0.25, 0.3) is 5.69 Å². The van der Waals surface area contributed by atoms with E-state index in [9.17, 15) is 4.79 Å². The summed E-state index contributed by atoms with van der Waals surface area (Å²) in [6.45, 7) is 2.75. The third-order valence-electron chi connectivity index (χ3n) is 3.94. The number of benzene rings is 1. The van der Waals surface area contributed by atoms with Gasteiger partial charge in [0.05, 0.1) is 5.69 Å². The van der Waals surface area contributed by atoms with E-state index in [2.05, 4.69) is 34.3 Å². The molecule has 0 saturated carbocycles. The summed E-state index contributed by atoms with van der Waals surface area (Å²) in [5, 5.41) is 13.1. The smallest absolute Gasteiger partial charge is 0.303 e. The van der Waals surface area contributed by atoms with Crippen LogP contribution in [0.1, 0.15) is 18.4 Å². The predicted octanol–water partition coefficient (Wildman–Crippen LogP) is 2.17. The van der Waals surface area contributed by atoms with Crippen molar-refractivity contribution in [2.45, 2.75) is 19.4 Å². The maximum absolute atomic E-state index is 10.7. The van der Waals surface area contributed by atoms with Crippen LogP contribution in [0.5, 0.6) is 0 Å². The number of nitrogens with zero attached hydrogens (tertiary/aromatic N) is 3. The highest BCUT2D eigenvalue weighted by Gasteiger charge is 2.24. The second-order valence-corrected chi connectivity index (χ2v) is 5.60. The quantitative estimate of drug-likeness (QED) is 0.914. The molecular weight excluding hydrogens is 266 g/mol. The summed E-state index contributed by atoms with van der Waals surface area (Å²) in [5.41, 5.74) is 2.30. The molecule has 5 heteroatoms. The molecule has 2 heterocycles. The molecule has 1 atom stereocenters. The van der Waals surface area contributed by atoms with Crippen molar-refractivity contribution in [3.05, 3.63) is 48.3 Å². The molecule has 0 bridgehead atoms. The molecule has 1 unspecified atom stereocenters. The van der Waals surface area contributed by atoms with E-state index in [1.807, 2.05) is 16.9 Å². The summed E-state index contributed by atoms with van der Waals surface area (Å²) in [6, 6.07) is 10.3. The van der Waals surface area contributed by atoms with Gasteiger partial charge in [0.15, 0.2) is 0 Å². The first-order chi connectivity index (χ1) is 10.2. The Bertz CT molecular complexity index is 592. The van der Waals surface area contributed by atoms with Gasteiger partial charge in [0.1, 0.15) is 0 Å². The minimum Gasteiger partial charge on any atom is -0.481 e. The van der Waals surface area contributed by atoms with Crippen molar-refractivity contribution in [2.75, 3.05) is 13.1 Å². The number of carboxylic acid groups (broad SMARTS) is 1. The second-order valence-electron chi connectivity index (χ2n) is 5.60. The average molecular weight is 285 g/mol. The molecule has 1 aromatic heterocycles. The van der Waals surface area contributed by atoms with Crippen LogP contribution in [0, 0.1) is 5.92 Å². The van der Waals surface area contributed by atoms with E-state index in [4.69, 9.17) is 5.11 Å². The van der Waals surface area contributed by atoms with Crippen LogP contribution in [-0.4, -0.2) is 38.8 Å². The fraction of sp³-hybridized carbons (Fsp3) is 0.375. The molecule has 0 radical (unpaired) electrons. The molecule has 2 aromatic rings. The summed E-state index contributed by atoms with van der Waals surface area (Å²) in [6.07, 6.45) is 4.96. The van der Waals surface area contributed by atoms with Crippen molar-refractivity contribution < 1.29 is 9.90 Å². The predicted molar refractivity (Wildman–Crippen MR) is 79.2 cm³/mol. The van der Waals surface area contributed by atoms with Gasteiger partial charge in [-0.2, -0.15) is 5.10 Å². The monoisotopic (exact) mass is 285 g/mol. The number of hydrogen-bond acceptors (Lipinski definition) is 3. The lowest BCUT2D eigenvalue weighted by Gasteiger charge is -2.16. The third-order valence-corrected chi connectivity index (χ3v) is 3.94. The van der Waals surface area contributed by atoms with Crippen molar-refractivity contribution in [1.29, 1.82) is 0 Å². The lowest BCUT2D eigenvalue weighted by atomic mass is 10.1. The Kier molecular flexibility index (Phi) is 4.01. The summed E-state index contributed by atoms with van der Waals surface area (Å²) in [5.74, 6) is -0.392. The van der Waals surface area contributed by atoms with Crippen LogP contribution in [0.3, 0.4) is 0 Å². The Hall–Kier alpha value is -2.14. The largest absolute Gasteiger partial charge is 0.481 e. The number of hydrogen-bond donors (Lipinski definition) is 1. The summed E-state index contributed by atoms with van der Waals surface area (Å²) in [7, 11) is 0. The number of aliphatic carboxylic acids is 1. The van der Waals surface area contributed by atoms with E-state index in [-0.39, 0.29) is 6.42 Å². The number of carboxylic acids is 1. The number of likely N-dealkylation sites (tertiary alicyclic amines) is 1. The topological polar surface area (TPSA) is 58.4 Å². The van der Waals surface area contributed by atoms with Gasteiger partial charge < -0.3 is 5.11 Å². The fourth-order valence-corrected chi connectivity index (χ4v) is 2.90. The first kappa shape index (κ1) is 13.8. The molecule has 1 fully saturated rings. The molecule has 3 rings (SSSR count). The molecule has 0 spiro atoms. The molecule has 1 aromatic carbocycles. The third kappa shape index (κ3) is 3.49. The van der Waals surface area contributed by atoms with Crippen LogP contribution in [0.15, 0.2) is 42.7 Å². The molecular formula is C16H19N3O2. The van der Waals surface area contributed by atoms with Gasteiger partial charge in [0, 0.05) is 31.9 Å². The highest BCUT2D eigenvalue weighted by molar-refractivity contribution is 5.67. The van der Waals surface area contributed by atoms with Crippen LogP contribution in [0.4, 0.5) is 0 Å². The molecule has 0 aliphatic carbocycles. The van der Waals surface area contributed by atoms with Crippen molar-refractivity contribution >= 4 is 5.97 Å². The molecule has 0 amide bonds. The minimum absolute atomic E-state index is 0.286. The van der Waals surface area contributed by atoms with Gasteiger partial charge in [-0.3, -0.25) is 9.69 Å². The standard InChI is InChI=1S/C16H19N3O2/c20-16(21)10-14-6-9-18(12-14)11-13-2-4-15(5-3-13)19-8-1-7-17-19/h1-5,7-8,14H,6,9-12H2,(H,20,21). The summed E-state index contributed by atoms with van der Waals surface area (Å²) in [4.78, 5) is 13.1. The molecule has 5 nitrogen and oxygen atoms in total. The van der Waals surface area contributed by atoms with Crippen molar-refractivity contribution in [3.63, 3.8) is 0 Å². The van der Waals surface area contributed by atoms with Crippen LogP contribution in [0.2, 0.25) is 0 Å². The molecule has 1 saturated heterocycles. The van der Waals surface area contributed by atoms with Crippen molar-refractivity contribution in [2.24, 2.45) is 5.92 Å². The Balaban J connectivity index is 1.58. The summed E-state index contributed by atoms with van der Waals surface area (Å²) >= 11 is 0. The fourth-order valence-electron chi connectivity index (χ4n) is 2.90. The zero-order valence-electron chi connectivity index (χ0n) is 11.9. The van der Waals surface area contributed by atoms with E-state index >= 15 is 0 Å². The maximum atomic E-state index is 10.7. The van der Waals surface area contributed by atoms with E-state index < -0.39 is 5.97 Å². The van der Waals surface area contributed by atoms with Gasteiger partial charge in [-0.25, -0.2) is 4.68 Å². The van der Waals surface area contributed by atoms with Crippen molar-refractivity contribution in [1.82, 2.24) is 14.7 Å². The van der Waals surface area contributed by atoms with Crippen LogP contribution in [-0.2, 0) is 11.3 Å². The Morgan fingerprint density at radius 1 is 1.33 bits per heavy atom. The lowest BCUT2D eigenvalue weighted by molar-refractivity contribution is -0.138. The zero-order chi connectivity index (χ0) is 14.7. The molecule has 21 heavy (non-hydrogen) atoms. The Morgan fingerprint density at radius 2 is 2.14 bits per heavy atom. The lowest BCUT2D eigenvalue weighted by Crippen LogP contribution is -2.20. The van der Waals surface area contributed by atoms with Crippen molar-refractivity contribution in [3.8, 4) is 5.69 Å². The zero-order valence-corrected chi connectivity index (χ0v) is 11.9. The molecule has 110 valence electrons. The first-order valence-corrected chi connectivity index (χ1v) is 7.24. The summed E-state index contributed by atoms with van der Waals surface area (Å²) < 4.78 is 1.84. The maximum Gasteiger partial charge on any atom is 0.303 e. The minimum atomic E-state index is -0.689. The number of rotatable bonds is 5. The Labute approximate surface area is 123 Å². The van der Waals surface area contributed by atoms with E-state index in [0.29, 0.717) is 5.92 Å². The van der Waals surface area contributed by atoms with E-state index in [1.54, 1.807) is 6.20 Å². The van der Waals surface area contributed by atoms with Gasteiger partial charge in [-0.05, 0) is 42.6 Å². The van der Waals surface area contributed by atoms with E-state index in [0.717, 1.165) is 31.7 Å². The first-order valence-electron chi connectivity index (χ1n) is 7.24. The second kappa shape index (κ2) is 6.10. The highest BCUT2D eigenvalue weighted by atomic mass is 16.4. The molecule has 1 aliphatic rings. The highest BCUT2D eigenvalue weighted by Crippen LogP contribution is 2.21. The van der Waals surface area contributed by atoms with Gasteiger partial charge >= 0.3 is 5.97 Å². The van der Waals surface area contributed by atoms with Gasteiger partial charge in [0.2, 0.25) is 0 Å². The molecule has 1 aliphatic heterocycles.